The molecule has 0 bridgehead atoms. The van der Waals surface area contributed by atoms with Gasteiger partial charge in [-0.3, -0.25) is 9.69 Å². The zero-order valence-corrected chi connectivity index (χ0v) is 12.3. The van der Waals surface area contributed by atoms with E-state index in [0.29, 0.717) is 17.5 Å². The van der Waals surface area contributed by atoms with Gasteiger partial charge in [0.25, 0.3) is 0 Å². The lowest BCUT2D eigenvalue weighted by atomic mass is 10.0. The van der Waals surface area contributed by atoms with Crippen molar-refractivity contribution in [1.82, 2.24) is 15.1 Å². The highest BCUT2D eigenvalue weighted by atomic mass is 35.5. The molecule has 0 saturated carbocycles. The van der Waals surface area contributed by atoms with Crippen molar-refractivity contribution in [2.75, 3.05) is 39.3 Å². The molecule has 5 heteroatoms. The molecule has 1 aromatic carbocycles. The smallest absolute Gasteiger partial charge is 0.227 e. The van der Waals surface area contributed by atoms with Gasteiger partial charge in [-0.15, -0.1) is 0 Å². The second kappa shape index (κ2) is 6.12. The van der Waals surface area contributed by atoms with Crippen molar-refractivity contribution in [1.29, 1.82) is 0 Å². The lowest BCUT2D eigenvalue weighted by Gasteiger charge is -2.46. The molecular formula is C15H20ClN3O. The maximum Gasteiger partial charge on any atom is 0.227 e. The fraction of sp³-hybridized carbons (Fsp3) is 0.533. The van der Waals surface area contributed by atoms with Crippen LogP contribution in [-0.2, 0) is 11.2 Å². The molecule has 1 aromatic rings. The van der Waals surface area contributed by atoms with E-state index in [-0.39, 0.29) is 5.91 Å². The summed E-state index contributed by atoms with van der Waals surface area (Å²) in [4.78, 5) is 16.6. The minimum Gasteiger partial charge on any atom is -0.339 e. The van der Waals surface area contributed by atoms with E-state index < -0.39 is 0 Å². The van der Waals surface area contributed by atoms with Crippen LogP contribution in [0, 0.1) is 0 Å². The highest BCUT2D eigenvalue weighted by Gasteiger charge is 2.34. The van der Waals surface area contributed by atoms with Gasteiger partial charge in [-0.25, -0.2) is 0 Å². The molecule has 0 aromatic heterocycles. The molecule has 0 spiro atoms. The van der Waals surface area contributed by atoms with E-state index in [1.165, 1.54) is 0 Å². The van der Waals surface area contributed by atoms with Crippen LogP contribution >= 0.6 is 11.6 Å². The molecule has 2 aliphatic rings. The molecule has 4 nitrogen and oxygen atoms in total. The van der Waals surface area contributed by atoms with Crippen molar-refractivity contribution in [2.24, 2.45) is 0 Å². The first-order chi connectivity index (χ1) is 9.74. The van der Waals surface area contributed by atoms with Crippen LogP contribution in [0.4, 0.5) is 0 Å². The molecule has 0 atom stereocenters. The van der Waals surface area contributed by atoms with Crippen molar-refractivity contribution in [3.63, 3.8) is 0 Å². The van der Waals surface area contributed by atoms with Gasteiger partial charge in [0, 0.05) is 50.3 Å². The third kappa shape index (κ3) is 2.97. The Morgan fingerprint density at radius 3 is 2.65 bits per heavy atom. The average Bonchev–Trinajstić information content (AvgIpc) is 2.41. The summed E-state index contributed by atoms with van der Waals surface area (Å²) in [6, 6.07) is 8.12. The molecule has 20 heavy (non-hydrogen) atoms. The summed E-state index contributed by atoms with van der Waals surface area (Å²) in [5.41, 5.74) is 0.921. The van der Waals surface area contributed by atoms with E-state index in [0.717, 1.165) is 44.8 Å². The van der Waals surface area contributed by atoms with Crippen molar-refractivity contribution < 1.29 is 4.79 Å². The van der Waals surface area contributed by atoms with Gasteiger partial charge >= 0.3 is 0 Å². The minimum atomic E-state index is 0.185. The van der Waals surface area contributed by atoms with Gasteiger partial charge in [0.05, 0.1) is 6.42 Å². The van der Waals surface area contributed by atoms with Crippen molar-refractivity contribution in [3.8, 4) is 0 Å². The van der Waals surface area contributed by atoms with Crippen LogP contribution in [-0.4, -0.2) is 61.0 Å². The molecule has 1 N–H and O–H groups in total. The molecule has 3 rings (SSSR count). The predicted molar refractivity (Wildman–Crippen MR) is 80.0 cm³/mol. The third-order valence-corrected chi connectivity index (χ3v) is 4.55. The highest BCUT2D eigenvalue weighted by molar-refractivity contribution is 6.31. The Morgan fingerprint density at radius 1 is 1.25 bits per heavy atom. The van der Waals surface area contributed by atoms with Gasteiger partial charge < -0.3 is 10.2 Å². The number of benzene rings is 1. The maximum atomic E-state index is 12.2. The first kappa shape index (κ1) is 13.9. The summed E-state index contributed by atoms with van der Waals surface area (Å²) in [6.07, 6.45) is 0.411. The number of halogens is 1. The first-order valence-electron chi connectivity index (χ1n) is 7.20. The quantitative estimate of drug-likeness (QED) is 0.903. The topological polar surface area (TPSA) is 35.6 Å². The van der Waals surface area contributed by atoms with Crippen LogP contribution in [0.25, 0.3) is 0 Å². The number of rotatable bonds is 3. The van der Waals surface area contributed by atoms with Crippen LogP contribution < -0.4 is 5.32 Å². The summed E-state index contributed by atoms with van der Waals surface area (Å²) < 4.78 is 0. The number of carbonyl (C=O) groups is 1. The SMILES string of the molecule is O=C(Cc1ccccc1Cl)N1CC(N2CCNCC2)C1. The fourth-order valence-electron chi connectivity index (χ4n) is 2.85. The molecule has 0 unspecified atom stereocenters. The number of nitrogens with zero attached hydrogens (tertiary/aromatic N) is 2. The Balaban J connectivity index is 1.49. The first-order valence-corrected chi connectivity index (χ1v) is 7.58. The maximum absolute atomic E-state index is 12.2. The van der Waals surface area contributed by atoms with Crippen molar-refractivity contribution in [2.45, 2.75) is 12.5 Å². The standard InChI is InChI=1S/C15H20ClN3O/c16-14-4-2-1-3-12(14)9-15(20)19-10-13(11-19)18-7-5-17-6-8-18/h1-4,13,17H,5-11H2. The van der Waals surface area contributed by atoms with Crippen LogP contribution in [0.1, 0.15) is 5.56 Å². The zero-order chi connectivity index (χ0) is 13.9. The summed E-state index contributed by atoms with van der Waals surface area (Å²) in [5, 5.41) is 4.03. The van der Waals surface area contributed by atoms with Crippen LogP contribution in [0.5, 0.6) is 0 Å². The molecular weight excluding hydrogens is 274 g/mol. The highest BCUT2D eigenvalue weighted by Crippen LogP contribution is 2.20. The van der Waals surface area contributed by atoms with Crippen molar-refractivity contribution in [3.05, 3.63) is 34.9 Å². The molecule has 0 aliphatic carbocycles. The number of amides is 1. The van der Waals surface area contributed by atoms with Crippen LogP contribution in [0.2, 0.25) is 5.02 Å². The Labute approximate surface area is 124 Å². The van der Waals surface area contributed by atoms with Crippen LogP contribution in [0.15, 0.2) is 24.3 Å². The van der Waals surface area contributed by atoms with Gasteiger partial charge in [-0.1, -0.05) is 29.8 Å². The van der Waals surface area contributed by atoms with E-state index in [9.17, 15) is 4.79 Å². The molecule has 2 saturated heterocycles. The van der Waals surface area contributed by atoms with E-state index in [2.05, 4.69) is 10.2 Å². The number of nitrogens with one attached hydrogen (secondary N) is 1. The van der Waals surface area contributed by atoms with E-state index in [4.69, 9.17) is 11.6 Å². The monoisotopic (exact) mass is 293 g/mol. The largest absolute Gasteiger partial charge is 0.339 e. The van der Waals surface area contributed by atoms with E-state index >= 15 is 0 Å². The van der Waals surface area contributed by atoms with Crippen LogP contribution in [0.3, 0.4) is 0 Å². The zero-order valence-electron chi connectivity index (χ0n) is 11.5. The molecule has 2 heterocycles. The molecule has 1 amide bonds. The van der Waals surface area contributed by atoms with E-state index in [1.54, 1.807) is 0 Å². The number of carbonyl (C=O) groups excluding carboxylic acids is 1. The molecule has 2 fully saturated rings. The van der Waals surface area contributed by atoms with Gasteiger partial charge in [0.1, 0.15) is 0 Å². The summed E-state index contributed by atoms with van der Waals surface area (Å²) in [6.45, 7) is 6.04. The number of hydrogen-bond acceptors (Lipinski definition) is 3. The van der Waals surface area contributed by atoms with Gasteiger partial charge in [0.15, 0.2) is 0 Å². The molecule has 108 valence electrons. The number of piperazine rings is 1. The summed E-state index contributed by atoms with van der Waals surface area (Å²) in [7, 11) is 0. The lowest BCUT2D eigenvalue weighted by molar-refractivity contribution is -0.138. The summed E-state index contributed by atoms with van der Waals surface area (Å²) in [5.74, 6) is 0.185. The Morgan fingerprint density at radius 2 is 1.95 bits per heavy atom. The number of hydrogen-bond donors (Lipinski definition) is 1. The van der Waals surface area contributed by atoms with Crippen molar-refractivity contribution >= 4 is 17.5 Å². The normalized spacial score (nSPS) is 20.8. The van der Waals surface area contributed by atoms with Gasteiger partial charge in [0.2, 0.25) is 5.91 Å². The second-order valence-electron chi connectivity index (χ2n) is 5.51. The minimum absolute atomic E-state index is 0.185. The Hall–Kier alpha value is -1.10. The molecule has 2 aliphatic heterocycles. The van der Waals surface area contributed by atoms with E-state index in [1.807, 2.05) is 29.2 Å². The number of likely N-dealkylation sites (tertiary alicyclic amines) is 1. The lowest BCUT2D eigenvalue weighted by Crippen LogP contribution is -2.64. The molecule has 0 radical (unpaired) electrons. The summed E-state index contributed by atoms with van der Waals surface area (Å²) >= 11 is 6.10. The Bertz CT molecular complexity index is 482. The average molecular weight is 294 g/mol. The fourth-order valence-corrected chi connectivity index (χ4v) is 3.06. The predicted octanol–water partition coefficient (Wildman–Crippen LogP) is 0.998. The third-order valence-electron chi connectivity index (χ3n) is 4.18. The Kier molecular flexibility index (Phi) is 4.24. The second-order valence-corrected chi connectivity index (χ2v) is 5.91. The van der Waals surface area contributed by atoms with Gasteiger partial charge in [-0.2, -0.15) is 0 Å². The van der Waals surface area contributed by atoms with Gasteiger partial charge in [-0.05, 0) is 11.6 Å².